The molecule has 0 amide bonds. The molecular weight excluding hydrogens is 593 g/mol. The van der Waals surface area contributed by atoms with Gasteiger partial charge in [-0.2, -0.15) is 0 Å². The van der Waals surface area contributed by atoms with Crippen LogP contribution < -0.4 is 0 Å². The molecule has 0 bridgehead atoms. The maximum Gasteiger partial charge on any atom is 0.0730 e. The summed E-state index contributed by atoms with van der Waals surface area (Å²) in [6.07, 6.45) is 0. The van der Waals surface area contributed by atoms with Crippen molar-refractivity contribution >= 4 is 21.8 Å². The number of nitrogens with zero attached hydrogens (tertiary/aromatic N) is 1. The first-order chi connectivity index (χ1) is 23.1. The zero-order chi connectivity index (χ0) is 34.8. The summed E-state index contributed by atoms with van der Waals surface area (Å²) >= 11 is 0. The van der Waals surface area contributed by atoms with E-state index in [1.165, 1.54) is 66.4 Å². The number of fused-ring (bicyclic) bond motifs is 3. The van der Waals surface area contributed by atoms with Gasteiger partial charge in [0.2, 0.25) is 0 Å². The normalized spacial score (nSPS) is 12.3. The topological polar surface area (TPSA) is 28.7 Å². The molecule has 2 heterocycles. The van der Waals surface area contributed by atoms with Gasteiger partial charge >= 0.3 is 0 Å². The predicted octanol–water partition coefficient (Wildman–Crippen LogP) is 13.2. The summed E-state index contributed by atoms with van der Waals surface area (Å²) in [5.41, 5.74) is 19.1. The van der Waals surface area contributed by atoms with Gasteiger partial charge in [0.25, 0.3) is 0 Å². The summed E-state index contributed by atoms with van der Waals surface area (Å²) in [4.78, 5) is 9.24. The number of benzene rings is 5. The second kappa shape index (κ2) is 11.9. The van der Waals surface area contributed by atoms with Crippen molar-refractivity contribution < 1.29 is 0 Å². The molecule has 0 aliphatic heterocycles. The highest BCUT2D eigenvalue weighted by Crippen LogP contribution is 2.40. The Morgan fingerprint density at radius 1 is 0.449 bits per heavy atom. The summed E-state index contributed by atoms with van der Waals surface area (Å²) in [5, 5.41) is 2.52. The standard InChI is InChI=1S/C47H48N2/c1-28-16-29(2)19-32(18-28)34-22-35(33-20-30(3)17-31(4)21-33)24-36(23-34)42-12-11-13-43(48-42)41-27-38(47(8,9)10)26-40-39-25-37(46(5,6)7)14-15-44(39)49-45(40)41/h11-27,49H,1-10H3. The molecule has 2 aromatic heterocycles. The lowest BCUT2D eigenvalue weighted by molar-refractivity contribution is 0.590. The molecule has 0 radical (unpaired) electrons. The van der Waals surface area contributed by atoms with Crippen molar-refractivity contribution in [2.24, 2.45) is 0 Å². The van der Waals surface area contributed by atoms with E-state index in [0.29, 0.717) is 0 Å². The van der Waals surface area contributed by atoms with E-state index in [2.05, 4.69) is 177 Å². The Balaban J connectivity index is 1.45. The Morgan fingerprint density at radius 3 is 1.49 bits per heavy atom. The number of aryl methyl sites for hydroxylation is 4. The van der Waals surface area contributed by atoms with Crippen molar-refractivity contribution in [1.29, 1.82) is 0 Å². The van der Waals surface area contributed by atoms with Gasteiger partial charge in [0.1, 0.15) is 0 Å². The fourth-order valence-corrected chi connectivity index (χ4v) is 7.24. The van der Waals surface area contributed by atoms with Gasteiger partial charge in [-0.1, -0.05) is 112 Å². The van der Waals surface area contributed by atoms with E-state index >= 15 is 0 Å². The van der Waals surface area contributed by atoms with Crippen molar-refractivity contribution in [2.45, 2.75) is 80.1 Å². The minimum Gasteiger partial charge on any atom is -0.354 e. The average molecular weight is 641 g/mol. The van der Waals surface area contributed by atoms with Crippen LogP contribution in [0.25, 0.3) is 66.6 Å². The van der Waals surface area contributed by atoms with E-state index in [4.69, 9.17) is 4.98 Å². The monoisotopic (exact) mass is 640 g/mol. The molecule has 1 N–H and O–H groups in total. The lowest BCUT2D eigenvalue weighted by Crippen LogP contribution is -2.11. The van der Waals surface area contributed by atoms with Gasteiger partial charge in [0.05, 0.1) is 16.9 Å². The number of H-pyrrole nitrogens is 1. The van der Waals surface area contributed by atoms with Gasteiger partial charge in [-0.25, -0.2) is 4.98 Å². The van der Waals surface area contributed by atoms with E-state index in [1.807, 2.05) is 0 Å². The van der Waals surface area contributed by atoms with Crippen molar-refractivity contribution in [3.63, 3.8) is 0 Å². The summed E-state index contributed by atoms with van der Waals surface area (Å²) in [5.74, 6) is 0. The van der Waals surface area contributed by atoms with Crippen LogP contribution >= 0.6 is 0 Å². The summed E-state index contributed by atoms with van der Waals surface area (Å²) in [6, 6.07) is 38.7. The Bertz CT molecular complexity index is 2280. The molecule has 0 aliphatic rings. The summed E-state index contributed by atoms with van der Waals surface area (Å²) in [7, 11) is 0. The second-order valence-corrected chi connectivity index (χ2v) is 16.3. The predicted molar refractivity (Wildman–Crippen MR) is 212 cm³/mol. The highest BCUT2D eigenvalue weighted by molar-refractivity contribution is 6.12. The van der Waals surface area contributed by atoms with Gasteiger partial charge < -0.3 is 4.98 Å². The third-order valence-corrected chi connectivity index (χ3v) is 9.80. The zero-order valence-electron chi connectivity index (χ0n) is 30.8. The van der Waals surface area contributed by atoms with Gasteiger partial charge in [-0.15, -0.1) is 0 Å². The van der Waals surface area contributed by atoms with Crippen molar-refractivity contribution in [1.82, 2.24) is 9.97 Å². The van der Waals surface area contributed by atoms with Gasteiger partial charge in [0.15, 0.2) is 0 Å². The van der Waals surface area contributed by atoms with Gasteiger partial charge in [-0.05, 0) is 127 Å². The molecule has 0 aliphatic carbocycles. The van der Waals surface area contributed by atoms with Gasteiger partial charge in [0, 0.05) is 27.4 Å². The first-order valence-electron chi connectivity index (χ1n) is 17.5. The lowest BCUT2D eigenvalue weighted by atomic mass is 9.83. The maximum absolute atomic E-state index is 5.43. The smallest absolute Gasteiger partial charge is 0.0730 e. The number of pyridine rings is 1. The van der Waals surface area contributed by atoms with Crippen LogP contribution in [-0.4, -0.2) is 9.97 Å². The Hall–Kier alpha value is -4.95. The van der Waals surface area contributed by atoms with Crippen LogP contribution in [0.2, 0.25) is 0 Å². The quantitative estimate of drug-likeness (QED) is 0.204. The SMILES string of the molecule is Cc1cc(C)cc(-c2cc(-c3cc(C)cc(C)c3)cc(-c3cccc(-c4cc(C(C)(C)C)cc5c4[nH]c4ccc(C(C)(C)C)cc45)n3)c2)c1. The van der Waals surface area contributed by atoms with E-state index < -0.39 is 0 Å². The molecule has 0 spiro atoms. The first kappa shape index (κ1) is 32.6. The number of hydrogen-bond donors (Lipinski definition) is 1. The lowest BCUT2D eigenvalue weighted by Gasteiger charge is -2.21. The van der Waals surface area contributed by atoms with Crippen LogP contribution in [-0.2, 0) is 10.8 Å². The number of rotatable bonds is 4. The Labute approximate surface area is 292 Å². The van der Waals surface area contributed by atoms with Crippen LogP contribution in [0.5, 0.6) is 0 Å². The molecule has 5 aromatic carbocycles. The van der Waals surface area contributed by atoms with Crippen molar-refractivity contribution in [2.75, 3.05) is 0 Å². The van der Waals surface area contributed by atoms with Gasteiger partial charge in [-0.3, -0.25) is 0 Å². The van der Waals surface area contributed by atoms with E-state index in [9.17, 15) is 0 Å². The third kappa shape index (κ3) is 6.45. The van der Waals surface area contributed by atoms with Crippen LogP contribution in [0.1, 0.15) is 74.9 Å². The fourth-order valence-electron chi connectivity index (χ4n) is 7.24. The highest BCUT2D eigenvalue weighted by Gasteiger charge is 2.22. The maximum atomic E-state index is 5.43. The summed E-state index contributed by atoms with van der Waals surface area (Å²) in [6.45, 7) is 22.4. The minimum atomic E-state index is -0.0209. The molecule has 7 rings (SSSR count). The average Bonchev–Trinajstić information content (AvgIpc) is 3.40. The molecule has 0 saturated heterocycles. The highest BCUT2D eigenvalue weighted by atomic mass is 14.7. The Kier molecular flexibility index (Phi) is 7.90. The van der Waals surface area contributed by atoms with E-state index in [0.717, 1.165) is 33.5 Å². The first-order valence-corrected chi connectivity index (χ1v) is 17.5. The molecule has 0 atom stereocenters. The van der Waals surface area contributed by atoms with Crippen LogP contribution in [0.15, 0.2) is 103 Å². The number of aromatic amines is 1. The van der Waals surface area contributed by atoms with Crippen molar-refractivity contribution in [3.05, 3.63) is 137 Å². The second-order valence-electron chi connectivity index (χ2n) is 16.3. The molecule has 0 unspecified atom stereocenters. The molecule has 49 heavy (non-hydrogen) atoms. The molecule has 2 nitrogen and oxygen atoms in total. The molecule has 7 aromatic rings. The van der Waals surface area contributed by atoms with Crippen LogP contribution in [0.4, 0.5) is 0 Å². The molecule has 2 heteroatoms. The summed E-state index contributed by atoms with van der Waals surface area (Å²) < 4.78 is 0. The number of hydrogen-bond acceptors (Lipinski definition) is 1. The zero-order valence-corrected chi connectivity index (χ0v) is 30.8. The van der Waals surface area contributed by atoms with Crippen molar-refractivity contribution in [3.8, 4) is 44.8 Å². The van der Waals surface area contributed by atoms with Crippen LogP contribution in [0.3, 0.4) is 0 Å². The fraction of sp³-hybridized carbons (Fsp3) is 0.255. The minimum absolute atomic E-state index is 0.0209. The van der Waals surface area contributed by atoms with E-state index in [1.54, 1.807) is 0 Å². The van der Waals surface area contributed by atoms with E-state index in [-0.39, 0.29) is 10.8 Å². The van der Waals surface area contributed by atoms with Crippen LogP contribution in [0, 0.1) is 27.7 Å². The molecule has 246 valence electrons. The molecule has 0 saturated carbocycles. The molecular formula is C47H48N2. The largest absolute Gasteiger partial charge is 0.354 e. The third-order valence-electron chi connectivity index (χ3n) is 9.80. The number of aromatic nitrogens is 2. The molecule has 0 fully saturated rings. The Morgan fingerprint density at radius 2 is 0.939 bits per heavy atom. The number of nitrogens with one attached hydrogen (secondary N) is 1.